The van der Waals surface area contributed by atoms with E-state index in [1.807, 2.05) is 33.8 Å². The number of piperazine rings is 1. The van der Waals surface area contributed by atoms with Gasteiger partial charge in [0.2, 0.25) is 0 Å². The van der Waals surface area contributed by atoms with Crippen molar-refractivity contribution in [1.29, 1.82) is 0 Å². The van der Waals surface area contributed by atoms with Crippen LogP contribution >= 0.6 is 0 Å². The first-order valence-electron chi connectivity index (χ1n) is 10.1. The zero-order valence-electron chi connectivity index (χ0n) is 16.1. The molecule has 0 radical (unpaired) electrons. The third-order valence-corrected chi connectivity index (χ3v) is 5.73. The van der Waals surface area contributed by atoms with E-state index in [2.05, 4.69) is 15.1 Å². The van der Waals surface area contributed by atoms with Gasteiger partial charge in [-0.25, -0.2) is 4.98 Å². The SMILES string of the molecule is O=C(c1cnc2ccccc2n1)N1CCN(C(=O)c2cnn3c2CCCC3)CC1. The Kier molecular flexibility index (Phi) is 4.46. The molecular formula is C21H22N6O2. The van der Waals surface area contributed by atoms with Crippen molar-refractivity contribution in [2.45, 2.75) is 25.8 Å². The molecule has 0 bridgehead atoms. The average molecular weight is 390 g/mol. The van der Waals surface area contributed by atoms with Gasteiger partial charge < -0.3 is 9.80 Å². The van der Waals surface area contributed by atoms with Crippen molar-refractivity contribution in [2.24, 2.45) is 0 Å². The molecule has 0 N–H and O–H groups in total. The second-order valence-electron chi connectivity index (χ2n) is 7.51. The lowest BCUT2D eigenvalue weighted by molar-refractivity contribution is 0.0531. The predicted molar refractivity (Wildman–Crippen MR) is 107 cm³/mol. The monoisotopic (exact) mass is 390 g/mol. The molecule has 0 saturated carbocycles. The van der Waals surface area contributed by atoms with E-state index in [1.165, 1.54) is 6.20 Å². The van der Waals surface area contributed by atoms with E-state index in [0.29, 0.717) is 43.0 Å². The lowest BCUT2D eigenvalue weighted by Gasteiger charge is -2.34. The van der Waals surface area contributed by atoms with Crippen molar-refractivity contribution in [3.8, 4) is 0 Å². The van der Waals surface area contributed by atoms with Gasteiger partial charge in [0.1, 0.15) is 5.69 Å². The van der Waals surface area contributed by atoms with Crippen molar-refractivity contribution in [1.82, 2.24) is 29.5 Å². The summed E-state index contributed by atoms with van der Waals surface area (Å²) in [6, 6.07) is 7.50. The molecule has 148 valence electrons. The molecule has 2 amide bonds. The molecule has 3 aromatic rings. The highest BCUT2D eigenvalue weighted by molar-refractivity contribution is 5.96. The first kappa shape index (κ1) is 17.8. The highest BCUT2D eigenvalue weighted by atomic mass is 16.2. The van der Waals surface area contributed by atoms with Crippen LogP contribution in [0.15, 0.2) is 36.7 Å². The van der Waals surface area contributed by atoms with Gasteiger partial charge in [0.25, 0.3) is 11.8 Å². The molecule has 2 aliphatic rings. The number of carbonyl (C=O) groups is 2. The van der Waals surface area contributed by atoms with Crippen molar-refractivity contribution in [3.63, 3.8) is 0 Å². The van der Waals surface area contributed by atoms with Gasteiger partial charge in [-0.2, -0.15) is 5.10 Å². The van der Waals surface area contributed by atoms with E-state index in [4.69, 9.17) is 0 Å². The summed E-state index contributed by atoms with van der Waals surface area (Å²) in [6.07, 6.45) is 6.34. The van der Waals surface area contributed by atoms with Gasteiger partial charge in [-0.3, -0.25) is 19.3 Å². The largest absolute Gasteiger partial charge is 0.335 e. The summed E-state index contributed by atoms with van der Waals surface area (Å²) in [5, 5.41) is 4.37. The predicted octanol–water partition coefficient (Wildman–Crippen LogP) is 1.76. The number of hydrogen-bond donors (Lipinski definition) is 0. The summed E-state index contributed by atoms with van der Waals surface area (Å²) >= 11 is 0. The highest BCUT2D eigenvalue weighted by Gasteiger charge is 2.29. The molecular weight excluding hydrogens is 368 g/mol. The summed E-state index contributed by atoms with van der Waals surface area (Å²) in [6.45, 7) is 2.88. The van der Waals surface area contributed by atoms with E-state index in [9.17, 15) is 9.59 Å². The molecule has 0 unspecified atom stereocenters. The second kappa shape index (κ2) is 7.27. The quantitative estimate of drug-likeness (QED) is 0.666. The van der Waals surface area contributed by atoms with Crippen molar-refractivity contribution >= 4 is 22.8 Å². The number of aromatic nitrogens is 4. The van der Waals surface area contributed by atoms with E-state index < -0.39 is 0 Å². The van der Waals surface area contributed by atoms with Crippen LogP contribution in [-0.2, 0) is 13.0 Å². The molecule has 2 aromatic heterocycles. The van der Waals surface area contributed by atoms with E-state index in [0.717, 1.165) is 37.0 Å². The third kappa shape index (κ3) is 3.24. The Morgan fingerprint density at radius 1 is 0.828 bits per heavy atom. The Labute approximate surface area is 168 Å². The standard InChI is InChI=1S/C21H22N6O2/c28-20(15-13-23-27-8-4-3-7-19(15)27)25-9-11-26(12-10-25)21(29)18-14-22-16-5-1-2-6-17(16)24-18/h1-2,5-6,13-14H,3-4,7-12H2. The first-order valence-corrected chi connectivity index (χ1v) is 10.1. The molecule has 0 aliphatic carbocycles. The van der Waals surface area contributed by atoms with Gasteiger partial charge in [-0.05, 0) is 31.4 Å². The Morgan fingerprint density at radius 2 is 1.55 bits per heavy atom. The van der Waals surface area contributed by atoms with Crippen LogP contribution in [0.2, 0.25) is 0 Å². The van der Waals surface area contributed by atoms with E-state index >= 15 is 0 Å². The first-order chi connectivity index (χ1) is 14.2. The van der Waals surface area contributed by atoms with Gasteiger partial charge in [0.15, 0.2) is 0 Å². The number of benzene rings is 1. The topological polar surface area (TPSA) is 84.2 Å². The van der Waals surface area contributed by atoms with Crippen LogP contribution < -0.4 is 0 Å². The van der Waals surface area contributed by atoms with Gasteiger partial charge in [0, 0.05) is 32.7 Å². The number of para-hydroxylation sites is 2. The van der Waals surface area contributed by atoms with Gasteiger partial charge >= 0.3 is 0 Å². The molecule has 0 atom stereocenters. The molecule has 0 spiro atoms. The van der Waals surface area contributed by atoms with Gasteiger partial charge in [0.05, 0.1) is 34.7 Å². The number of aryl methyl sites for hydroxylation is 1. The van der Waals surface area contributed by atoms with Crippen LogP contribution in [0.25, 0.3) is 11.0 Å². The lowest BCUT2D eigenvalue weighted by Crippen LogP contribution is -2.50. The Hall–Kier alpha value is -3.29. The Bertz CT molecular complexity index is 1080. The van der Waals surface area contributed by atoms with Crippen LogP contribution in [0.1, 0.15) is 39.4 Å². The fourth-order valence-corrected chi connectivity index (χ4v) is 4.10. The second-order valence-corrected chi connectivity index (χ2v) is 7.51. The summed E-state index contributed by atoms with van der Waals surface area (Å²) in [4.78, 5) is 38.2. The van der Waals surface area contributed by atoms with Crippen LogP contribution in [0.5, 0.6) is 0 Å². The number of hydrogen-bond acceptors (Lipinski definition) is 5. The molecule has 1 aromatic carbocycles. The maximum atomic E-state index is 13.0. The normalized spacial score (nSPS) is 16.7. The molecule has 1 fully saturated rings. The minimum atomic E-state index is -0.140. The van der Waals surface area contributed by atoms with Crippen LogP contribution in [0.3, 0.4) is 0 Å². The van der Waals surface area contributed by atoms with Gasteiger partial charge in [-0.15, -0.1) is 0 Å². The zero-order valence-corrected chi connectivity index (χ0v) is 16.1. The Morgan fingerprint density at radius 3 is 2.34 bits per heavy atom. The minimum Gasteiger partial charge on any atom is -0.335 e. The number of amides is 2. The lowest BCUT2D eigenvalue weighted by atomic mass is 10.1. The molecule has 5 rings (SSSR count). The molecule has 1 saturated heterocycles. The maximum absolute atomic E-state index is 13.0. The number of fused-ring (bicyclic) bond motifs is 2. The average Bonchev–Trinajstić information content (AvgIpc) is 3.22. The Balaban J connectivity index is 1.26. The number of carbonyl (C=O) groups excluding carboxylic acids is 2. The molecule has 2 aliphatic heterocycles. The van der Waals surface area contributed by atoms with Crippen LogP contribution in [-0.4, -0.2) is 67.5 Å². The summed E-state index contributed by atoms with van der Waals surface area (Å²) in [5.74, 6) is -0.121. The molecule has 4 heterocycles. The van der Waals surface area contributed by atoms with E-state index in [-0.39, 0.29) is 11.8 Å². The van der Waals surface area contributed by atoms with Crippen molar-refractivity contribution in [3.05, 3.63) is 53.6 Å². The zero-order chi connectivity index (χ0) is 19.8. The maximum Gasteiger partial charge on any atom is 0.274 e. The van der Waals surface area contributed by atoms with Gasteiger partial charge in [-0.1, -0.05) is 12.1 Å². The number of rotatable bonds is 2. The van der Waals surface area contributed by atoms with Crippen molar-refractivity contribution < 1.29 is 9.59 Å². The molecule has 8 heteroatoms. The fraction of sp³-hybridized carbons (Fsp3) is 0.381. The number of nitrogens with zero attached hydrogens (tertiary/aromatic N) is 6. The fourth-order valence-electron chi connectivity index (χ4n) is 4.10. The summed E-state index contributed by atoms with van der Waals surface area (Å²) in [5.41, 5.74) is 3.58. The van der Waals surface area contributed by atoms with E-state index in [1.54, 1.807) is 11.1 Å². The third-order valence-electron chi connectivity index (χ3n) is 5.73. The molecule has 8 nitrogen and oxygen atoms in total. The summed E-state index contributed by atoms with van der Waals surface area (Å²) < 4.78 is 1.95. The highest BCUT2D eigenvalue weighted by Crippen LogP contribution is 2.20. The van der Waals surface area contributed by atoms with Crippen molar-refractivity contribution in [2.75, 3.05) is 26.2 Å². The smallest absolute Gasteiger partial charge is 0.274 e. The van der Waals surface area contributed by atoms with Crippen LogP contribution in [0, 0.1) is 0 Å². The summed E-state index contributed by atoms with van der Waals surface area (Å²) in [7, 11) is 0. The minimum absolute atomic E-state index is 0.0192. The molecule has 29 heavy (non-hydrogen) atoms. The van der Waals surface area contributed by atoms with Crippen LogP contribution in [0.4, 0.5) is 0 Å².